The lowest BCUT2D eigenvalue weighted by molar-refractivity contribution is 0.182. The zero-order valence-electron chi connectivity index (χ0n) is 13.4. The molecule has 1 aliphatic carbocycles. The van der Waals surface area contributed by atoms with E-state index in [4.69, 9.17) is 0 Å². The van der Waals surface area contributed by atoms with Crippen molar-refractivity contribution in [1.29, 1.82) is 0 Å². The quantitative estimate of drug-likeness (QED) is 0.874. The molecule has 1 saturated carbocycles. The second-order valence-electron chi connectivity index (χ2n) is 6.84. The Kier molecular flexibility index (Phi) is 5.31. The molecule has 2 heterocycles. The van der Waals surface area contributed by atoms with Crippen molar-refractivity contribution < 1.29 is 0 Å². The maximum atomic E-state index is 4.25. The summed E-state index contributed by atoms with van der Waals surface area (Å²) in [7, 11) is 1.99. The molecule has 4 heteroatoms. The highest BCUT2D eigenvalue weighted by Crippen LogP contribution is 2.30. The molecule has 0 bridgehead atoms. The lowest BCUT2D eigenvalue weighted by Gasteiger charge is -2.40. The van der Waals surface area contributed by atoms with Crippen molar-refractivity contribution in [3.05, 3.63) is 18.0 Å². The van der Waals surface area contributed by atoms with E-state index in [1.165, 1.54) is 57.1 Å². The maximum Gasteiger partial charge on any atom is 0.0522 e. The Labute approximate surface area is 128 Å². The second-order valence-corrected chi connectivity index (χ2v) is 6.84. The lowest BCUT2D eigenvalue weighted by atomic mass is 9.77. The Morgan fingerprint density at radius 1 is 1.24 bits per heavy atom. The molecule has 2 N–H and O–H groups in total. The molecule has 1 aromatic rings. The number of hydrogen-bond acceptors (Lipinski definition) is 3. The fourth-order valence-corrected chi connectivity index (χ4v) is 4.14. The van der Waals surface area contributed by atoms with E-state index in [9.17, 15) is 0 Å². The number of nitrogens with one attached hydrogen (secondary N) is 2. The van der Waals surface area contributed by atoms with Gasteiger partial charge in [0.1, 0.15) is 0 Å². The van der Waals surface area contributed by atoms with Crippen molar-refractivity contribution in [2.45, 2.75) is 63.5 Å². The average Bonchev–Trinajstić information content (AvgIpc) is 2.94. The zero-order valence-corrected chi connectivity index (χ0v) is 13.4. The summed E-state index contributed by atoms with van der Waals surface area (Å²) in [5.41, 5.74) is 1.34. The molecule has 21 heavy (non-hydrogen) atoms. The van der Waals surface area contributed by atoms with Crippen molar-refractivity contribution in [2.24, 2.45) is 13.0 Å². The van der Waals surface area contributed by atoms with Crippen LogP contribution in [0.15, 0.2) is 12.4 Å². The van der Waals surface area contributed by atoms with Crippen molar-refractivity contribution in [2.75, 3.05) is 13.1 Å². The molecular weight excluding hydrogens is 260 g/mol. The fraction of sp³-hybridized carbons (Fsp3) is 0.824. The minimum absolute atomic E-state index is 0.714. The molecule has 0 amide bonds. The average molecular weight is 290 g/mol. The molecule has 1 aliphatic heterocycles. The molecular formula is C17H30N4. The summed E-state index contributed by atoms with van der Waals surface area (Å²) in [6.45, 7) is 2.31. The Morgan fingerprint density at radius 3 is 2.86 bits per heavy atom. The summed E-state index contributed by atoms with van der Waals surface area (Å²) in [6.07, 6.45) is 14.9. The predicted molar refractivity (Wildman–Crippen MR) is 86.3 cm³/mol. The SMILES string of the molecule is Cn1cc(CCNC2CCCCC2C2CCCCN2)cn1. The normalized spacial score (nSPS) is 30.4. The zero-order chi connectivity index (χ0) is 14.5. The van der Waals surface area contributed by atoms with Gasteiger partial charge in [0, 0.05) is 25.3 Å². The van der Waals surface area contributed by atoms with Crippen LogP contribution in [0, 0.1) is 5.92 Å². The van der Waals surface area contributed by atoms with E-state index in [1.807, 2.05) is 17.9 Å². The van der Waals surface area contributed by atoms with E-state index >= 15 is 0 Å². The van der Waals surface area contributed by atoms with E-state index in [2.05, 4.69) is 21.9 Å². The first kappa shape index (κ1) is 15.0. The second kappa shape index (κ2) is 7.41. The molecule has 118 valence electrons. The Bertz CT molecular complexity index is 422. The van der Waals surface area contributed by atoms with Gasteiger partial charge in [-0.2, -0.15) is 5.10 Å². The van der Waals surface area contributed by atoms with Crippen LogP contribution in [-0.2, 0) is 13.5 Å². The fourth-order valence-electron chi connectivity index (χ4n) is 4.14. The van der Waals surface area contributed by atoms with Gasteiger partial charge < -0.3 is 10.6 Å². The van der Waals surface area contributed by atoms with Crippen molar-refractivity contribution in [3.63, 3.8) is 0 Å². The third-order valence-corrected chi connectivity index (χ3v) is 5.26. The van der Waals surface area contributed by atoms with Crippen LogP contribution in [0.1, 0.15) is 50.5 Å². The van der Waals surface area contributed by atoms with Gasteiger partial charge in [-0.15, -0.1) is 0 Å². The van der Waals surface area contributed by atoms with Gasteiger partial charge in [0.2, 0.25) is 0 Å². The van der Waals surface area contributed by atoms with Crippen LogP contribution in [0.2, 0.25) is 0 Å². The minimum Gasteiger partial charge on any atom is -0.314 e. The van der Waals surface area contributed by atoms with E-state index < -0.39 is 0 Å². The summed E-state index contributed by atoms with van der Waals surface area (Å²) in [6, 6.07) is 1.47. The van der Waals surface area contributed by atoms with Crippen LogP contribution >= 0.6 is 0 Å². The first-order valence-electron chi connectivity index (χ1n) is 8.77. The van der Waals surface area contributed by atoms with E-state index in [-0.39, 0.29) is 0 Å². The number of aromatic nitrogens is 2. The Balaban J connectivity index is 1.49. The highest BCUT2D eigenvalue weighted by atomic mass is 15.2. The van der Waals surface area contributed by atoms with Crippen LogP contribution in [0.5, 0.6) is 0 Å². The topological polar surface area (TPSA) is 41.9 Å². The summed E-state index contributed by atoms with van der Waals surface area (Å²) in [5, 5.41) is 11.9. The third-order valence-electron chi connectivity index (χ3n) is 5.26. The van der Waals surface area contributed by atoms with Crippen LogP contribution in [-0.4, -0.2) is 35.0 Å². The molecule has 3 atom stereocenters. The monoisotopic (exact) mass is 290 g/mol. The summed E-state index contributed by atoms with van der Waals surface area (Å²) in [4.78, 5) is 0. The molecule has 4 nitrogen and oxygen atoms in total. The number of aryl methyl sites for hydroxylation is 1. The van der Waals surface area contributed by atoms with Gasteiger partial charge in [-0.05, 0) is 56.7 Å². The maximum absolute atomic E-state index is 4.25. The summed E-state index contributed by atoms with van der Waals surface area (Å²) in [5.74, 6) is 0.841. The van der Waals surface area contributed by atoms with Crippen LogP contribution in [0.4, 0.5) is 0 Å². The third kappa shape index (κ3) is 4.07. The molecule has 2 fully saturated rings. The van der Waals surface area contributed by atoms with Gasteiger partial charge in [0.25, 0.3) is 0 Å². The van der Waals surface area contributed by atoms with Crippen molar-refractivity contribution in [3.8, 4) is 0 Å². The van der Waals surface area contributed by atoms with Gasteiger partial charge in [-0.3, -0.25) is 4.68 Å². The number of piperidine rings is 1. The predicted octanol–water partition coefficient (Wildman–Crippen LogP) is 2.25. The minimum atomic E-state index is 0.714. The highest BCUT2D eigenvalue weighted by molar-refractivity contribution is 5.04. The number of nitrogens with zero attached hydrogens (tertiary/aromatic N) is 2. The summed E-state index contributed by atoms with van der Waals surface area (Å²) >= 11 is 0. The van der Waals surface area contributed by atoms with Gasteiger partial charge in [0.05, 0.1) is 6.20 Å². The largest absolute Gasteiger partial charge is 0.314 e. The first-order chi connectivity index (χ1) is 10.3. The van der Waals surface area contributed by atoms with E-state index in [0.717, 1.165) is 24.9 Å². The smallest absolute Gasteiger partial charge is 0.0522 e. The molecule has 2 aliphatic rings. The van der Waals surface area contributed by atoms with Crippen molar-refractivity contribution >= 4 is 0 Å². The van der Waals surface area contributed by atoms with Crippen LogP contribution in [0.3, 0.4) is 0 Å². The van der Waals surface area contributed by atoms with E-state index in [1.54, 1.807) is 0 Å². The van der Waals surface area contributed by atoms with Gasteiger partial charge in [0.15, 0.2) is 0 Å². The molecule has 0 spiro atoms. The first-order valence-corrected chi connectivity index (χ1v) is 8.77. The Hall–Kier alpha value is -0.870. The summed E-state index contributed by atoms with van der Waals surface area (Å²) < 4.78 is 1.89. The molecule has 0 aromatic carbocycles. The molecule has 3 rings (SSSR count). The molecule has 1 aromatic heterocycles. The Morgan fingerprint density at radius 2 is 2.10 bits per heavy atom. The lowest BCUT2D eigenvalue weighted by Crippen LogP contribution is -2.50. The van der Waals surface area contributed by atoms with Gasteiger partial charge in [-0.25, -0.2) is 0 Å². The molecule has 3 unspecified atom stereocenters. The van der Waals surface area contributed by atoms with Crippen LogP contribution in [0.25, 0.3) is 0 Å². The molecule has 1 saturated heterocycles. The number of rotatable bonds is 5. The van der Waals surface area contributed by atoms with Crippen molar-refractivity contribution in [1.82, 2.24) is 20.4 Å². The van der Waals surface area contributed by atoms with E-state index in [0.29, 0.717) is 6.04 Å². The molecule has 0 radical (unpaired) electrons. The number of hydrogen-bond donors (Lipinski definition) is 2. The standard InChI is InChI=1S/C17H30N4/c1-21-13-14(12-20-21)9-11-19-17-7-3-2-6-15(17)16-8-4-5-10-18-16/h12-13,15-19H,2-11H2,1H3. The van der Waals surface area contributed by atoms with Gasteiger partial charge >= 0.3 is 0 Å². The van der Waals surface area contributed by atoms with Crippen LogP contribution < -0.4 is 10.6 Å². The highest BCUT2D eigenvalue weighted by Gasteiger charge is 2.31. The van der Waals surface area contributed by atoms with Gasteiger partial charge in [-0.1, -0.05) is 19.3 Å².